The van der Waals surface area contributed by atoms with Crippen LogP contribution in [-0.2, 0) is 0 Å². The summed E-state index contributed by atoms with van der Waals surface area (Å²) < 4.78 is 13.1. The van der Waals surface area contributed by atoms with Gasteiger partial charge in [-0.1, -0.05) is 6.92 Å². The molecule has 1 aromatic heterocycles. The fourth-order valence-corrected chi connectivity index (χ4v) is 2.02. The summed E-state index contributed by atoms with van der Waals surface area (Å²) >= 11 is 5.76. The zero-order chi connectivity index (χ0) is 12.3. The van der Waals surface area contributed by atoms with Gasteiger partial charge in [-0.25, -0.2) is 9.37 Å². The SMILES string of the molecule is CCCN(CCCl)c1nc2ccc(F)cc2[nH]1. The number of nitrogens with zero attached hydrogens (tertiary/aromatic N) is 2. The van der Waals surface area contributed by atoms with Crippen molar-refractivity contribution in [2.75, 3.05) is 23.9 Å². The van der Waals surface area contributed by atoms with Crippen LogP contribution in [0.5, 0.6) is 0 Å². The minimum Gasteiger partial charge on any atom is -0.341 e. The molecular formula is C12H15ClFN3. The number of fused-ring (bicyclic) bond motifs is 1. The lowest BCUT2D eigenvalue weighted by Gasteiger charge is -2.19. The summed E-state index contributed by atoms with van der Waals surface area (Å²) in [7, 11) is 0. The standard InChI is InChI=1S/C12H15ClFN3/c1-2-6-17(7-5-13)12-15-10-4-3-9(14)8-11(10)16-12/h3-4,8H,2,5-7H2,1H3,(H,15,16). The van der Waals surface area contributed by atoms with Crippen molar-refractivity contribution in [3.05, 3.63) is 24.0 Å². The van der Waals surface area contributed by atoms with E-state index in [9.17, 15) is 4.39 Å². The van der Waals surface area contributed by atoms with E-state index in [1.165, 1.54) is 12.1 Å². The van der Waals surface area contributed by atoms with Crippen LogP contribution >= 0.6 is 11.6 Å². The zero-order valence-corrected chi connectivity index (χ0v) is 10.5. The molecule has 0 amide bonds. The van der Waals surface area contributed by atoms with Crippen molar-refractivity contribution in [2.24, 2.45) is 0 Å². The number of imidazole rings is 1. The lowest BCUT2D eigenvalue weighted by Crippen LogP contribution is -2.27. The van der Waals surface area contributed by atoms with Crippen LogP contribution in [0.2, 0.25) is 0 Å². The van der Waals surface area contributed by atoms with E-state index < -0.39 is 0 Å². The van der Waals surface area contributed by atoms with Crippen molar-refractivity contribution >= 4 is 28.6 Å². The van der Waals surface area contributed by atoms with E-state index in [0.717, 1.165) is 36.5 Å². The van der Waals surface area contributed by atoms with Crippen molar-refractivity contribution in [1.82, 2.24) is 9.97 Å². The number of aromatic amines is 1. The third kappa shape index (κ3) is 2.69. The van der Waals surface area contributed by atoms with Gasteiger partial charge in [-0.2, -0.15) is 0 Å². The maximum atomic E-state index is 13.1. The zero-order valence-electron chi connectivity index (χ0n) is 9.71. The Hall–Kier alpha value is -1.29. The Morgan fingerprint density at radius 3 is 2.94 bits per heavy atom. The highest BCUT2D eigenvalue weighted by molar-refractivity contribution is 6.18. The Morgan fingerprint density at radius 1 is 1.41 bits per heavy atom. The number of nitrogens with one attached hydrogen (secondary N) is 1. The first-order chi connectivity index (χ1) is 8.24. The maximum absolute atomic E-state index is 13.1. The highest BCUT2D eigenvalue weighted by atomic mass is 35.5. The first-order valence-electron chi connectivity index (χ1n) is 5.70. The van der Waals surface area contributed by atoms with Crippen LogP contribution in [0.25, 0.3) is 11.0 Å². The molecule has 0 aliphatic rings. The molecule has 0 fully saturated rings. The van der Waals surface area contributed by atoms with Gasteiger partial charge < -0.3 is 9.88 Å². The van der Waals surface area contributed by atoms with E-state index in [1.807, 2.05) is 0 Å². The van der Waals surface area contributed by atoms with E-state index in [-0.39, 0.29) is 5.82 Å². The van der Waals surface area contributed by atoms with Crippen LogP contribution in [-0.4, -0.2) is 28.9 Å². The number of rotatable bonds is 5. The van der Waals surface area contributed by atoms with Crippen LogP contribution in [0, 0.1) is 5.82 Å². The molecule has 1 heterocycles. The van der Waals surface area contributed by atoms with E-state index >= 15 is 0 Å². The highest BCUT2D eigenvalue weighted by Crippen LogP contribution is 2.18. The first-order valence-corrected chi connectivity index (χ1v) is 6.24. The fraction of sp³-hybridized carbons (Fsp3) is 0.417. The smallest absolute Gasteiger partial charge is 0.203 e. The third-order valence-electron chi connectivity index (χ3n) is 2.58. The Bertz CT molecular complexity index is 491. The second-order valence-electron chi connectivity index (χ2n) is 3.90. The molecule has 17 heavy (non-hydrogen) atoms. The van der Waals surface area contributed by atoms with Gasteiger partial charge in [0.25, 0.3) is 0 Å². The minimum absolute atomic E-state index is 0.257. The topological polar surface area (TPSA) is 31.9 Å². The van der Waals surface area contributed by atoms with E-state index in [0.29, 0.717) is 5.88 Å². The summed E-state index contributed by atoms with van der Waals surface area (Å²) in [6, 6.07) is 4.55. The largest absolute Gasteiger partial charge is 0.341 e. The summed E-state index contributed by atoms with van der Waals surface area (Å²) in [4.78, 5) is 9.63. The normalized spacial score (nSPS) is 11.0. The fourth-order valence-electron chi connectivity index (χ4n) is 1.81. The van der Waals surface area contributed by atoms with Gasteiger partial charge in [-0.3, -0.25) is 0 Å². The van der Waals surface area contributed by atoms with Gasteiger partial charge in [-0.05, 0) is 24.6 Å². The minimum atomic E-state index is -0.257. The summed E-state index contributed by atoms with van der Waals surface area (Å²) in [5, 5.41) is 0. The van der Waals surface area contributed by atoms with Gasteiger partial charge in [0.15, 0.2) is 0 Å². The molecule has 5 heteroatoms. The number of hydrogen-bond donors (Lipinski definition) is 1. The lowest BCUT2D eigenvalue weighted by atomic mass is 10.3. The summed E-state index contributed by atoms with van der Waals surface area (Å²) in [5.74, 6) is 1.05. The van der Waals surface area contributed by atoms with Gasteiger partial charge in [0, 0.05) is 19.0 Å². The summed E-state index contributed by atoms with van der Waals surface area (Å²) in [6.45, 7) is 3.72. The molecular weight excluding hydrogens is 241 g/mol. The van der Waals surface area contributed by atoms with Crippen molar-refractivity contribution in [1.29, 1.82) is 0 Å². The average Bonchev–Trinajstić information content (AvgIpc) is 2.71. The van der Waals surface area contributed by atoms with Crippen LogP contribution in [0.1, 0.15) is 13.3 Å². The van der Waals surface area contributed by atoms with Crippen molar-refractivity contribution in [3.8, 4) is 0 Å². The van der Waals surface area contributed by atoms with Gasteiger partial charge in [0.05, 0.1) is 11.0 Å². The van der Waals surface area contributed by atoms with Crippen molar-refractivity contribution in [2.45, 2.75) is 13.3 Å². The Morgan fingerprint density at radius 2 is 2.24 bits per heavy atom. The molecule has 0 unspecified atom stereocenters. The number of H-pyrrole nitrogens is 1. The molecule has 1 N–H and O–H groups in total. The van der Waals surface area contributed by atoms with Gasteiger partial charge in [-0.15, -0.1) is 11.6 Å². The molecule has 0 bridgehead atoms. The number of anilines is 1. The highest BCUT2D eigenvalue weighted by Gasteiger charge is 2.10. The molecule has 0 radical (unpaired) electrons. The molecule has 2 rings (SSSR count). The van der Waals surface area contributed by atoms with Crippen molar-refractivity contribution < 1.29 is 4.39 Å². The molecule has 0 saturated carbocycles. The molecule has 92 valence electrons. The molecule has 1 aromatic carbocycles. The Kier molecular flexibility index (Phi) is 3.84. The van der Waals surface area contributed by atoms with Crippen LogP contribution in [0.4, 0.5) is 10.3 Å². The summed E-state index contributed by atoms with van der Waals surface area (Å²) in [6.07, 6.45) is 1.02. The number of hydrogen-bond acceptors (Lipinski definition) is 2. The molecule has 2 aromatic rings. The quantitative estimate of drug-likeness (QED) is 0.833. The van der Waals surface area contributed by atoms with Crippen LogP contribution in [0.15, 0.2) is 18.2 Å². The molecule has 0 spiro atoms. The van der Waals surface area contributed by atoms with E-state index in [1.54, 1.807) is 6.07 Å². The van der Waals surface area contributed by atoms with Gasteiger partial charge in [0.1, 0.15) is 5.82 Å². The van der Waals surface area contributed by atoms with Gasteiger partial charge in [0.2, 0.25) is 5.95 Å². The predicted molar refractivity (Wildman–Crippen MR) is 69.3 cm³/mol. The van der Waals surface area contributed by atoms with E-state index in [4.69, 9.17) is 11.6 Å². The van der Waals surface area contributed by atoms with Crippen molar-refractivity contribution in [3.63, 3.8) is 0 Å². The molecule has 0 aliphatic carbocycles. The average molecular weight is 256 g/mol. The number of halogens is 2. The molecule has 3 nitrogen and oxygen atoms in total. The molecule has 0 aliphatic heterocycles. The van der Waals surface area contributed by atoms with Gasteiger partial charge >= 0.3 is 0 Å². The second-order valence-corrected chi connectivity index (χ2v) is 4.28. The third-order valence-corrected chi connectivity index (χ3v) is 2.75. The van der Waals surface area contributed by atoms with E-state index in [2.05, 4.69) is 21.8 Å². The van der Waals surface area contributed by atoms with Crippen LogP contribution in [0.3, 0.4) is 0 Å². The Labute approximate surface area is 105 Å². The first kappa shape index (κ1) is 12.2. The van der Waals surface area contributed by atoms with Crippen LogP contribution < -0.4 is 4.90 Å². The number of benzene rings is 1. The predicted octanol–water partition coefficient (Wildman–Crippen LogP) is 3.16. The lowest BCUT2D eigenvalue weighted by molar-refractivity contribution is 0.629. The molecule has 0 saturated heterocycles. The summed E-state index contributed by atoms with van der Waals surface area (Å²) in [5.41, 5.74) is 1.49. The second kappa shape index (κ2) is 5.36. The maximum Gasteiger partial charge on any atom is 0.203 e. The Balaban J connectivity index is 2.33. The monoisotopic (exact) mass is 255 g/mol. The number of aromatic nitrogens is 2. The number of alkyl halides is 1. The molecule has 0 atom stereocenters.